The Bertz CT molecular complexity index is 513. The fourth-order valence-corrected chi connectivity index (χ4v) is 4.25. The van der Waals surface area contributed by atoms with Gasteiger partial charge in [0, 0.05) is 57.1 Å². The first-order valence-electron chi connectivity index (χ1n) is 8.64. The summed E-state index contributed by atoms with van der Waals surface area (Å²) in [5.41, 5.74) is 3.67. The van der Waals surface area contributed by atoms with E-state index in [-0.39, 0.29) is 6.61 Å². The summed E-state index contributed by atoms with van der Waals surface area (Å²) >= 11 is 0. The number of aliphatic hydroxyl groups excluding tert-OH is 1. The average molecular weight is 306 g/mol. The minimum absolute atomic E-state index is 0.227. The van der Waals surface area contributed by atoms with Gasteiger partial charge in [-0.05, 0) is 39.0 Å². The molecule has 124 valence electrons. The van der Waals surface area contributed by atoms with Gasteiger partial charge in [0.2, 0.25) is 0 Å². The number of likely N-dealkylation sites (tertiary alicyclic amines) is 1. The van der Waals surface area contributed by atoms with Gasteiger partial charge in [0.1, 0.15) is 0 Å². The number of hydrogen-bond acceptors (Lipinski definition) is 4. The van der Waals surface area contributed by atoms with E-state index in [4.69, 9.17) is 0 Å². The highest BCUT2D eigenvalue weighted by Crippen LogP contribution is 2.36. The molecule has 0 aromatic carbocycles. The molecule has 1 aliphatic heterocycles. The van der Waals surface area contributed by atoms with Crippen LogP contribution in [0.1, 0.15) is 36.2 Å². The Labute approximate surface area is 133 Å². The van der Waals surface area contributed by atoms with Crippen molar-refractivity contribution in [1.82, 2.24) is 19.6 Å². The Hall–Kier alpha value is -0.910. The van der Waals surface area contributed by atoms with Crippen molar-refractivity contribution >= 4 is 0 Å². The summed E-state index contributed by atoms with van der Waals surface area (Å²) in [5.74, 6) is 0.958. The van der Waals surface area contributed by atoms with Crippen molar-refractivity contribution in [3.63, 3.8) is 0 Å². The van der Waals surface area contributed by atoms with E-state index in [1.54, 1.807) is 0 Å². The molecule has 1 saturated carbocycles. The number of hydrogen-bond donors (Lipinski definition) is 1. The zero-order valence-electron chi connectivity index (χ0n) is 14.3. The quantitative estimate of drug-likeness (QED) is 0.825. The van der Waals surface area contributed by atoms with Crippen molar-refractivity contribution in [2.75, 3.05) is 32.8 Å². The molecule has 2 heterocycles. The predicted molar refractivity (Wildman–Crippen MR) is 87.7 cm³/mol. The largest absolute Gasteiger partial charge is 0.395 e. The fraction of sp³-hybridized carbons (Fsp3) is 0.824. The maximum atomic E-state index is 9.38. The summed E-state index contributed by atoms with van der Waals surface area (Å²) in [6.45, 7) is 9.55. The second-order valence-corrected chi connectivity index (χ2v) is 7.10. The predicted octanol–water partition coefficient (Wildman–Crippen LogP) is 1.32. The lowest BCUT2D eigenvalue weighted by atomic mass is 10.1. The Balaban J connectivity index is 1.58. The van der Waals surface area contributed by atoms with Crippen molar-refractivity contribution in [3.8, 4) is 0 Å². The van der Waals surface area contributed by atoms with Crippen molar-refractivity contribution < 1.29 is 5.11 Å². The molecule has 2 atom stereocenters. The van der Waals surface area contributed by atoms with E-state index in [0.29, 0.717) is 0 Å². The summed E-state index contributed by atoms with van der Waals surface area (Å²) < 4.78 is 1.96. The molecule has 5 heteroatoms. The topological polar surface area (TPSA) is 44.5 Å². The third-order valence-corrected chi connectivity index (χ3v) is 5.68. The Kier molecular flexibility index (Phi) is 4.85. The molecule has 3 rings (SSSR count). The van der Waals surface area contributed by atoms with Crippen LogP contribution in [-0.4, -0.2) is 63.5 Å². The normalized spacial score (nSPS) is 24.8. The summed E-state index contributed by atoms with van der Waals surface area (Å²) in [6, 6.07) is 0.836. The zero-order valence-corrected chi connectivity index (χ0v) is 14.3. The van der Waals surface area contributed by atoms with Crippen LogP contribution in [0.25, 0.3) is 0 Å². The highest BCUT2D eigenvalue weighted by molar-refractivity contribution is 5.24. The Morgan fingerprint density at radius 2 is 2.09 bits per heavy atom. The SMILES string of the molecule is Cc1nn(C)c(C)c1CN(CCO)CCN1C[C@H]2CC[C@@H]1C2. The smallest absolute Gasteiger partial charge is 0.0641 e. The second-order valence-electron chi connectivity index (χ2n) is 7.10. The summed E-state index contributed by atoms with van der Waals surface area (Å²) in [5, 5.41) is 13.9. The molecule has 0 radical (unpaired) electrons. The first-order valence-corrected chi connectivity index (χ1v) is 8.64. The van der Waals surface area contributed by atoms with Crippen LogP contribution in [0.2, 0.25) is 0 Å². The molecule has 1 N–H and O–H groups in total. The van der Waals surface area contributed by atoms with E-state index in [1.807, 2.05) is 11.7 Å². The van der Waals surface area contributed by atoms with Crippen molar-refractivity contribution in [1.29, 1.82) is 0 Å². The van der Waals surface area contributed by atoms with Crippen molar-refractivity contribution in [2.24, 2.45) is 13.0 Å². The standard InChI is InChI=1S/C17H30N4O/c1-13-17(14(2)19(3)18-13)12-20(8-9-22)6-7-21-11-15-4-5-16(21)10-15/h15-16,22H,4-12H2,1-3H3/t15-,16+/m0/s1. The summed E-state index contributed by atoms with van der Waals surface area (Å²) in [7, 11) is 2.00. The van der Waals surface area contributed by atoms with E-state index in [0.717, 1.165) is 43.8 Å². The van der Waals surface area contributed by atoms with Gasteiger partial charge >= 0.3 is 0 Å². The molecule has 0 spiro atoms. The highest BCUT2D eigenvalue weighted by atomic mass is 16.3. The second kappa shape index (κ2) is 6.69. The molecule has 2 aliphatic rings. The Morgan fingerprint density at radius 1 is 1.27 bits per heavy atom. The van der Waals surface area contributed by atoms with E-state index in [1.165, 1.54) is 37.1 Å². The maximum Gasteiger partial charge on any atom is 0.0641 e. The molecule has 1 aromatic rings. The van der Waals surface area contributed by atoms with Gasteiger partial charge in [0.25, 0.3) is 0 Å². The maximum absolute atomic E-state index is 9.38. The molecule has 1 aliphatic carbocycles. The van der Waals surface area contributed by atoms with Gasteiger partial charge in [-0.3, -0.25) is 14.5 Å². The van der Waals surface area contributed by atoms with Crippen LogP contribution in [0, 0.1) is 19.8 Å². The van der Waals surface area contributed by atoms with Crippen LogP contribution in [0.15, 0.2) is 0 Å². The highest BCUT2D eigenvalue weighted by Gasteiger charge is 2.37. The van der Waals surface area contributed by atoms with Gasteiger partial charge < -0.3 is 5.11 Å². The van der Waals surface area contributed by atoms with Crippen LogP contribution >= 0.6 is 0 Å². The number of nitrogens with zero attached hydrogens (tertiary/aromatic N) is 4. The van der Waals surface area contributed by atoms with E-state index < -0.39 is 0 Å². The number of piperidine rings is 1. The molecule has 0 unspecified atom stereocenters. The van der Waals surface area contributed by atoms with Gasteiger partial charge in [0.05, 0.1) is 12.3 Å². The van der Waals surface area contributed by atoms with Crippen molar-refractivity contribution in [2.45, 2.75) is 45.7 Å². The summed E-state index contributed by atoms with van der Waals surface area (Å²) in [6.07, 6.45) is 4.25. The van der Waals surface area contributed by atoms with Crippen LogP contribution in [0.4, 0.5) is 0 Å². The molecule has 2 bridgehead atoms. The van der Waals surface area contributed by atoms with E-state index in [2.05, 4.69) is 28.7 Å². The van der Waals surface area contributed by atoms with Crippen LogP contribution in [-0.2, 0) is 13.6 Å². The van der Waals surface area contributed by atoms with Gasteiger partial charge in [-0.25, -0.2) is 0 Å². The fourth-order valence-electron chi connectivity index (χ4n) is 4.25. The molecule has 0 amide bonds. The number of aliphatic hydroxyl groups is 1. The number of rotatable bonds is 7. The molecule has 1 aromatic heterocycles. The third-order valence-electron chi connectivity index (χ3n) is 5.68. The van der Waals surface area contributed by atoms with Crippen LogP contribution in [0.5, 0.6) is 0 Å². The van der Waals surface area contributed by atoms with E-state index >= 15 is 0 Å². The number of aryl methyl sites for hydroxylation is 2. The van der Waals surface area contributed by atoms with Crippen LogP contribution < -0.4 is 0 Å². The molecular weight excluding hydrogens is 276 g/mol. The molecule has 5 nitrogen and oxygen atoms in total. The minimum atomic E-state index is 0.227. The van der Waals surface area contributed by atoms with Gasteiger partial charge in [0.15, 0.2) is 0 Å². The lowest BCUT2D eigenvalue weighted by Gasteiger charge is -2.30. The first kappa shape index (κ1) is 16.0. The molecule has 1 saturated heterocycles. The van der Waals surface area contributed by atoms with Gasteiger partial charge in [-0.2, -0.15) is 5.10 Å². The average Bonchev–Trinajstić information content (AvgIpc) is 3.16. The van der Waals surface area contributed by atoms with Gasteiger partial charge in [-0.1, -0.05) is 0 Å². The summed E-state index contributed by atoms with van der Waals surface area (Å²) in [4.78, 5) is 5.05. The lowest BCUT2D eigenvalue weighted by molar-refractivity contribution is 0.146. The monoisotopic (exact) mass is 306 g/mol. The lowest BCUT2D eigenvalue weighted by Crippen LogP contribution is -2.40. The molecule has 2 fully saturated rings. The third kappa shape index (κ3) is 3.21. The van der Waals surface area contributed by atoms with Crippen LogP contribution in [0.3, 0.4) is 0 Å². The van der Waals surface area contributed by atoms with Crippen molar-refractivity contribution in [3.05, 3.63) is 17.0 Å². The Morgan fingerprint density at radius 3 is 2.64 bits per heavy atom. The number of fused-ring (bicyclic) bond motifs is 2. The van der Waals surface area contributed by atoms with Gasteiger partial charge in [-0.15, -0.1) is 0 Å². The minimum Gasteiger partial charge on any atom is -0.395 e. The van der Waals surface area contributed by atoms with E-state index in [9.17, 15) is 5.11 Å². The number of aromatic nitrogens is 2. The molecular formula is C17H30N4O. The molecule has 22 heavy (non-hydrogen) atoms. The zero-order chi connectivity index (χ0) is 15.7. The first-order chi connectivity index (χ1) is 10.6.